The summed E-state index contributed by atoms with van der Waals surface area (Å²) in [5, 5.41) is 0. The lowest BCUT2D eigenvalue weighted by molar-refractivity contribution is -0.162. The molecule has 0 saturated heterocycles. The Bertz CT molecular complexity index is 476. The molecule has 0 radical (unpaired) electrons. The molecule has 24 heavy (non-hydrogen) atoms. The minimum absolute atomic E-state index is 0.564. The lowest BCUT2D eigenvalue weighted by atomic mass is 9.40. The second-order valence-corrected chi connectivity index (χ2v) is 11.5. The first-order valence-electron chi connectivity index (χ1n) is 11.3. The second-order valence-electron chi connectivity index (χ2n) is 11.5. The standard InChI is InChI=1S/C24H42/c1-6-8-17-15-21-19-11-10-18-9-7-13-22(2,3)24(18,5)20(19)12-14-23(21,4)16-17/h17-21H,6-16H2,1-5H3/t17-,18+,19+,20-,21-,23+,24-/m0/s1. The Kier molecular flexibility index (Phi) is 4.17. The predicted octanol–water partition coefficient (Wildman–Crippen LogP) is 7.47. The molecule has 0 amide bonds. The van der Waals surface area contributed by atoms with E-state index < -0.39 is 0 Å². The highest BCUT2D eigenvalue weighted by Gasteiger charge is 2.62. The molecule has 0 spiro atoms. The van der Waals surface area contributed by atoms with Crippen LogP contribution in [0.4, 0.5) is 0 Å². The van der Waals surface area contributed by atoms with Crippen LogP contribution in [0.5, 0.6) is 0 Å². The molecule has 0 nitrogen and oxygen atoms in total. The topological polar surface area (TPSA) is 0 Å². The van der Waals surface area contributed by atoms with Gasteiger partial charge in [-0.2, -0.15) is 0 Å². The monoisotopic (exact) mass is 330 g/mol. The van der Waals surface area contributed by atoms with Gasteiger partial charge < -0.3 is 0 Å². The summed E-state index contributed by atoms with van der Waals surface area (Å²) in [6, 6.07) is 0. The van der Waals surface area contributed by atoms with Crippen molar-refractivity contribution < 1.29 is 0 Å². The molecular formula is C24H42. The molecule has 0 aromatic carbocycles. The minimum Gasteiger partial charge on any atom is -0.0654 e. The van der Waals surface area contributed by atoms with Crippen molar-refractivity contribution in [2.75, 3.05) is 0 Å². The highest BCUT2D eigenvalue weighted by atomic mass is 14.7. The highest BCUT2D eigenvalue weighted by molar-refractivity contribution is 5.11. The quantitative estimate of drug-likeness (QED) is 0.492. The van der Waals surface area contributed by atoms with Gasteiger partial charge in [-0.05, 0) is 97.2 Å². The Morgan fingerprint density at radius 3 is 2.42 bits per heavy atom. The highest BCUT2D eigenvalue weighted by Crippen LogP contribution is 2.70. The van der Waals surface area contributed by atoms with E-state index in [1.807, 2.05) is 0 Å². The summed E-state index contributed by atoms with van der Waals surface area (Å²) < 4.78 is 0. The molecule has 0 heteroatoms. The molecule has 0 heterocycles. The van der Waals surface area contributed by atoms with Gasteiger partial charge in [-0.25, -0.2) is 0 Å². The normalized spacial score (nSPS) is 53.1. The maximum atomic E-state index is 2.74. The van der Waals surface area contributed by atoms with Gasteiger partial charge >= 0.3 is 0 Å². The Labute approximate surface area is 151 Å². The van der Waals surface area contributed by atoms with Crippen LogP contribution in [0.25, 0.3) is 0 Å². The maximum absolute atomic E-state index is 2.74. The number of hydrogen-bond donors (Lipinski definition) is 0. The van der Waals surface area contributed by atoms with Gasteiger partial charge in [0.25, 0.3) is 0 Å². The fourth-order valence-corrected chi connectivity index (χ4v) is 8.83. The molecule has 0 N–H and O–H groups in total. The third-order valence-electron chi connectivity index (χ3n) is 10.3. The largest absolute Gasteiger partial charge is 0.0654 e. The molecule has 4 aliphatic rings. The van der Waals surface area contributed by atoms with E-state index in [0.29, 0.717) is 16.2 Å². The molecule has 0 aromatic heterocycles. The van der Waals surface area contributed by atoms with Crippen LogP contribution < -0.4 is 0 Å². The zero-order valence-electron chi connectivity index (χ0n) is 17.2. The molecule has 4 saturated carbocycles. The Morgan fingerprint density at radius 1 is 0.875 bits per heavy atom. The van der Waals surface area contributed by atoms with Crippen molar-refractivity contribution in [3.05, 3.63) is 0 Å². The van der Waals surface area contributed by atoms with Gasteiger partial charge in [0.15, 0.2) is 0 Å². The number of fused-ring (bicyclic) bond motifs is 5. The summed E-state index contributed by atoms with van der Waals surface area (Å²) >= 11 is 0. The van der Waals surface area contributed by atoms with Crippen LogP contribution in [-0.2, 0) is 0 Å². The van der Waals surface area contributed by atoms with Gasteiger partial charge in [0, 0.05) is 0 Å². The van der Waals surface area contributed by atoms with Gasteiger partial charge in [-0.15, -0.1) is 0 Å². The first-order chi connectivity index (χ1) is 11.3. The first-order valence-corrected chi connectivity index (χ1v) is 11.3. The molecule has 0 unspecified atom stereocenters. The maximum Gasteiger partial charge on any atom is -0.0215 e. The average molecular weight is 331 g/mol. The van der Waals surface area contributed by atoms with E-state index in [1.54, 1.807) is 32.1 Å². The summed E-state index contributed by atoms with van der Waals surface area (Å²) in [6.07, 6.45) is 16.7. The summed E-state index contributed by atoms with van der Waals surface area (Å²) in [5.74, 6) is 5.23. The van der Waals surface area contributed by atoms with Crippen LogP contribution in [0.15, 0.2) is 0 Å². The van der Waals surface area contributed by atoms with Crippen molar-refractivity contribution in [2.45, 2.75) is 105 Å². The van der Waals surface area contributed by atoms with Gasteiger partial charge in [0.2, 0.25) is 0 Å². The molecule has 4 aliphatic carbocycles. The average Bonchev–Trinajstić information content (AvgIpc) is 2.85. The third kappa shape index (κ3) is 2.30. The Balaban J connectivity index is 1.64. The van der Waals surface area contributed by atoms with Gasteiger partial charge in [0.1, 0.15) is 0 Å². The van der Waals surface area contributed by atoms with Crippen molar-refractivity contribution in [3.8, 4) is 0 Å². The molecule has 4 rings (SSSR count). The summed E-state index contributed by atoms with van der Waals surface area (Å²) in [4.78, 5) is 0. The summed E-state index contributed by atoms with van der Waals surface area (Å²) in [7, 11) is 0. The fourth-order valence-electron chi connectivity index (χ4n) is 8.83. The molecule has 0 bridgehead atoms. The van der Waals surface area contributed by atoms with E-state index in [2.05, 4.69) is 34.6 Å². The van der Waals surface area contributed by atoms with Crippen molar-refractivity contribution in [2.24, 2.45) is 45.8 Å². The van der Waals surface area contributed by atoms with Crippen molar-refractivity contribution in [3.63, 3.8) is 0 Å². The lowest BCUT2D eigenvalue weighted by Gasteiger charge is -2.65. The SMILES string of the molecule is CCC[C@H]1C[C@H]2[C@@H]3CC[C@H]4CCCC(C)(C)[C@]4(C)[C@H]3CC[C@]2(C)C1. The Morgan fingerprint density at radius 2 is 1.67 bits per heavy atom. The number of rotatable bonds is 2. The number of hydrogen-bond acceptors (Lipinski definition) is 0. The van der Waals surface area contributed by atoms with Crippen LogP contribution in [0.3, 0.4) is 0 Å². The van der Waals surface area contributed by atoms with E-state index in [9.17, 15) is 0 Å². The van der Waals surface area contributed by atoms with E-state index in [0.717, 1.165) is 29.6 Å². The van der Waals surface area contributed by atoms with Gasteiger partial charge in [-0.1, -0.05) is 53.9 Å². The molecule has 0 aliphatic heterocycles. The first kappa shape index (κ1) is 17.4. The summed E-state index contributed by atoms with van der Waals surface area (Å²) in [6.45, 7) is 13.1. The second kappa shape index (κ2) is 5.75. The molecule has 138 valence electrons. The zero-order chi connectivity index (χ0) is 17.2. The van der Waals surface area contributed by atoms with E-state index in [-0.39, 0.29) is 0 Å². The van der Waals surface area contributed by atoms with Crippen molar-refractivity contribution in [1.29, 1.82) is 0 Å². The molecule has 0 aromatic rings. The molecule has 4 fully saturated rings. The van der Waals surface area contributed by atoms with E-state index >= 15 is 0 Å². The smallest absolute Gasteiger partial charge is 0.0215 e. The van der Waals surface area contributed by atoms with E-state index in [4.69, 9.17) is 0 Å². The van der Waals surface area contributed by atoms with Gasteiger partial charge in [-0.3, -0.25) is 0 Å². The van der Waals surface area contributed by atoms with E-state index in [1.165, 1.54) is 38.5 Å². The molecular weight excluding hydrogens is 288 g/mol. The van der Waals surface area contributed by atoms with Crippen LogP contribution in [0.2, 0.25) is 0 Å². The minimum atomic E-state index is 0.564. The van der Waals surface area contributed by atoms with Crippen LogP contribution >= 0.6 is 0 Å². The zero-order valence-corrected chi connectivity index (χ0v) is 17.2. The van der Waals surface area contributed by atoms with Crippen LogP contribution in [0, 0.1) is 45.8 Å². The van der Waals surface area contributed by atoms with Crippen molar-refractivity contribution in [1.82, 2.24) is 0 Å². The lowest BCUT2D eigenvalue weighted by Crippen LogP contribution is -2.58. The molecule has 7 atom stereocenters. The van der Waals surface area contributed by atoms with Crippen LogP contribution in [0.1, 0.15) is 105 Å². The predicted molar refractivity (Wildman–Crippen MR) is 104 cm³/mol. The third-order valence-corrected chi connectivity index (χ3v) is 10.3. The van der Waals surface area contributed by atoms with Crippen LogP contribution in [-0.4, -0.2) is 0 Å². The Hall–Kier alpha value is 0. The van der Waals surface area contributed by atoms with Crippen molar-refractivity contribution >= 4 is 0 Å². The van der Waals surface area contributed by atoms with Gasteiger partial charge in [0.05, 0.1) is 0 Å². The fraction of sp³-hybridized carbons (Fsp3) is 1.00. The summed E-state index contributed by atoms with van der Waals surface area (Å²) in [5.41, 5.74) is 1.88.